The molecule has 1 saturated heterocycles. The monoisotopic (exact) mass is 215 g/mol. The van der Waals surface area contributed by atoms with Crippen LogP contribution >= 0.6 is 0 Å². The maximum atomic E-state index is 11.5. The molecule has 0 spiro atoms. The molecule has 2 N–H and O–H groups in total. The number of hydrogen-bond acceptors (Lipinski definition) is 4. The van der Waals surface area contributed by atoms with Gasteiger partial charge in [0, 0.05) is 19.5 Å². The summed E-state index contributed by atoms with van der Waals surface area (Å²) in [5.41, 5.74) is 5.63. The summed E-state index contributed by atoms with van der Waals surface area (Å²) in [6, 6.07) is 0.161. The van der Waals surface area contributed by atoms with Crippen molar-refractivity contribution in [3.63, 3.8) is 0 Å². The molecule has 1 heterocycles. The number of carbonyl (C=O) groups is 1. The molecule has 0 aliphatic carbocycles. The Balaban J connectivity index is 2.37. The summed E-state index contributed by atoms with van der Waals surface area (Å²) >= 11 is 0. The van der Waals surface area contributed by atoms with Gasteiger partial charge < -0.3 is 20.3 Å². The largest absolute Gasteiger partial charge is 0.449 e. The predicted octanol–water partition coefficient (Wildman–Crippen LogP) is 0.108. The van der Waals surface area contributed by atoms with E-state index in [1.165, 1.54) is 0 Å². The average molecular weight is 215 g/mol. The number of amides is 1. The first-order valence-electron chi connectivity index (χ1n) is 5.43. The first-order chi connectivity index (χ1) is 7.15. The first-order valence-corrected chi connectivity index (χ1v) is 5.43. The molecular weight excluding hydrogens is 194 g/mol. The van der Waals surface area contributed by atoms with Crippen LogP contribution in [-0.2, 0) is 4.74 Å². The smallest absolute Gasteiger partial charge is 0.410 e. The Morgan fingerprint density at radius 3 is 2.93 bits per heavy atom. The molecular formula is C10H21N3O2. The zero-order valence-electron chi connectivity index (χ0n) is 9.61. The quantitative estimate of drug-likeness (QED) is 0.707. The van der Waals surface area contributed by atoms with Gasteiger partial charge in [0.2, 0.25) is 0 Å². The maximum absolute atomic E-state index is 11.5. The second-order valence-electron chi connectivity index (χ2n) is 4.14. The lowest BCUT2D eigenvalue weighted by Gasteiger charge is -2.34. The van der Waals surface area contributed by atoms with Crippen LogP contribution in [0.15, 0.2) is 0 Å². The predicted molar refractivity (Wildman–Crippen MR) is 58.7 cm³/mol. The van der Waals surface area contributed by atoms with Gasteiger partial charge in [-0.1, -0.05) is 0 Å². The van der Waals surface area contributed by atoms with Crippen LogP contribution in [0.1, 0.15) is 12.8 Å². The van der Waals surface area contributed by atoms with Crippen molar-refractivity contribution in [2.75, 3.05) is 40.3 Å². The molecule has 0 saturated carbocycles. The van der Waals surface area contributed by atoms with Gasteiger partial charge in [0.15, 0.2) is 0 Å². The molecule has 88 valence electrons. The van der Waals surface area contributed by atoms with Gasteiger partial charge in [-0.2, -0.15) is 0 Å². The van der Waals surface area contributed by atoms with E-state index >= 15 is 0 Å². The summed E-state index contributed by atoms with van der Waals surface area (Å²) in [5, 5.41) is 0. The van der Waals surface area contributed by atoms with Crippen LogP contribution in [0, 0.1) is 0 Å². The molecule has 15 heavy (non-hydrogen) atoms. The summed E-state index contributed by atoms with van der Waals surface area (Å²) in [4.78, 5) is 15.3. The second-order valence-corrected chi connectivity index (χ2v) is 4.14. The van der Waals surface area contributed by atoms with Crippen LogP contribution in [0.4, 0.5) is 4.79 Å². The number of hydrogen-bond donors (Lipinski definition) is 1. The van der Waals surface area contributed by atoms with E-state index in [2.05, 4.69) is 4.90 Å². The van der Waals surface area contributed by atoms with E-state index < -0.39 is 0 Å². The normalized spacial score (nSPS) is 22.0. The fraction of sp³-hybridized carbons (Fsp3) is 0.900. The Labute approximate surface area is 91.2 Å². The Bertz CT molecular complexity index is 209. The molecule has 5 heteroatoms. The van der Waals surface area contributed by atoms with Crippen molar-refractivity contribution in [2.24, 2.45) is 5.73 Å². The van der Waals surface area contributed by atoms with E-state index in [4.69, 9.17) is 10.5 Å². The SMILES string of the molecule is CN(C)CCCN1C(=O)OCCC1CN. The molecule has 1 atom stereocenters. The Hall–Kier alpha value is -0.810. The minimum atomic E-state index is -0.213. The highest BCUT2D eigenvalue weighted by molar-refractivity contribution is 5.68. The van der Waals surface area contributed by atoms with E-state index in [-0.39, 0.29) is 12.1 Å². The van der Waals surface area contributed by atoms with Crippen LogP contribution in [0.3, 0.4) is 0 Å². The maximum Gasteiger partial charge on any atom is 0.410 e. The molecule has 0 radical (unpaired) electrons. The van der Waals surface area contributed by atoms with Crippen molar-refractivity contribution in [1.82, 2.24) is 9.80 Å². The van der Waals surface area contributed by atoms with Crippen LogP contribution in [-0.4, -0.2) is 62.3 Å². The van der Waals surface area contributed by atoms with Crippen LogP contribution < -0.4 is 5.73 Å². The fourth-order valence-electron chi connectivity index (χ4n) is 1.75. The molecule has 0 aromatic carbocycles. The third-order valence-corrected chi connectivity index (χ3v) is 2.63. The van der Waals surface area contributed by atoms with E-state index in [0.29, 0.717) is 13.2 Å². The van der Waals surface area contributed by atoms with Crippen LogP contribution in [0.25, 0.3) is 0 Å². The fourth-order valence-corrected chi connectivity index (χ4v) is 1.75. The number of nitrogens with two attached hydrogens (primary N) is 1. The topological polar surface area (TPSA) is 58.8 Å². The summed E-state index contributed by atoms with van der Waals surface area (Å²) in [6.07, 6.45) is 1.60. The number of cyclic esters (lactones) is 1. The Kier molecular flexibility index (Phi) is 4.84. The highest BCUT2D eigenvalue weighted by Gasteiger charge is 2.27. The average Bonchev–Trinajstić information content (AvgIpc) is 2.20. The molecule has 0 aromatic heterocycles. The number of nitrogens with zero attached hydrogens (tertiary/aromatic N) is 2. The van der Waals surface area contributed by atoms with Gasteiger partial charge in [0.25, 0.3) is 0 Å². The van der Waals surface area contributed by atoms with E-state index in [9.17, 15) is 4.79 Å². The molecule has 1 fully saturated rings. The van der Waals surface area contributed by atoms with Gasteiger partial charge in [0.05, 0.1) is 12.6 Å². The molecule has 0 bridgehead atoms. The Morgan fingerprint density at radius 1 is 1.60 bits per heavy atom. The van der Waals surface area contributed by atoms with Gasteiger partial charge >= 0.3 is 6.09 Å². The zero-order valence-corrected chi connectivity index (χ0v) is 9.61. The minimum Gasteiger partial charge on any atom is -0.449 e. The van der Waals surface area contributed by atoms with Crippen molar-refractivity contribution < 1.29 is 9.53 Å². The summed E-state index contributed by atoms with van der Waals surface area (Å²) < 4.78 is 5.00. The van der Waals surface area contributed by atoms with Crippen molar-refractivity contribution in [3.8, 4) is 0 Å². The van der Waals surface area contributed by atoms with Gasteiger partial charge in [-0.05, 0) is 27.1 Å². The highest BCUT2D eigenvalue weighted by atomic mass is 16.6. The highest BCUT2D eigenvalue weighted by Crippen LogP contribution is 2.12. The van der Waals surface area contributed by atoms with Crippen LogP contribution in [0.5, 0.6) is 0 Å². The number of ether oxygens (including phenoxy) is 1. The van der Waals surface area contributed by atoms with Crippen molar-refractivity contribution in [1.29, 1.82) is 0 Å². The van der Waals surface area contributed by atoms with Crippen molar-refractivity contribution in [3.05, 3.63) is 0 Å². The Morgan fingerprint density at radius 2 is 2.33 bits per heavy atom. The van der Waals surface area contributed by atoms with E-state index in [1.54, 1.807) is 4.90 Å². The summed E-state index contributed by atoms with van der Waals surface area (Å²) in [5.74, 6) is 0. The molecule has 1 unspecified atom stereocenters. The molecule has 5 nitrogen and oxygen atoms in total. The van der Waals surface area contributed by atoms with Crippen molar-refractivity contribution in [2.45, 2.75) is 18.9 Å². The lowest BCUT2D eigenvalue weighted by atomic mass is 10.1. The molecule has 1 aliphatic heterocycles. The molecule has 1 amide bonds. The summed E-state index contributed by atoms with van der Waals surface area (Å²) in [6.45, 7) is 2.74. The summed E-state index contributed by atoms with van der Waals surface area (Å²) in [7, 11) is 4.05. The van der Waals surface area contributed by atoms with Gasteiger partial charge in [-0.3, -0.25) is 0 Å². The first kappa shape index (κ1) is 12.3. The second kappa shape index (κ2) is 5.92. The van der Waals surface area contributed by atoms with Crippen molar-refractivity contribution >= 4 is 6.09 Å². The number of rotatable bonds is 5. The van der Waals surface area contributed by atoms with Gasteiger partial charge in [-0.25, -0.2) is 4.79 Å². The lowest BCUT2D eigenvalue weighted by Crippen LogP contribution is -2.49. The van der Waals surface area contributed by atoms with E-state index in [0.717, 1.165) is 25.9 Å². The standard InChI is InChI=1S/C10H21N3O2/c1-12(2)5-3-6-13-9(8-11)4-7-15-10(13)14/h9H,3-8,11H2,1-2H3. The zero-order chi connectivity index (χ0) is 11.3. The van der Waals surface area contributed by atoms with Gasteiger partial charge in [-0.15, -0.1) is 0 Å². The lowest BCUT2D eigenvalue weighted by molar-refractivity contribution is 0.0452. The minimum absolute atomic E-state index is 0.161. The van der Waals surface area contributed by atoms with Gasteiger partial charge in [0.1, 0.15) is 0 Å². The molecule has 1 rings (SSSR count). The van der Waals surface area contributed by atoms with E-state index in [1.807, 2.05) is 14.1 Å². The third-order valence-electron chi connectivity index (χ3n) is 2.63. The third kappa shape index (κ3) is 3.68. The number of carbonyl (C=O) groups excluding carboxylic acids is 1. The molecule has 0 aromatic rings. The van der Waals surface area contributed by atoms with Crippen LogP contribution in [0.2, 0.25) is 0 Å². The molecule has 1 aliphatic rings.